The summed E-state index contributed by atoms with van der Waals surface area (Å²) in [5.41, 5.74) is 5.94. The Morgan fingerprint density at radius 2 is 1.00 bits per heavy atom. The summed E-state index contributed by atoms with van der Waals surface area (Å²) in [4.78, 5) is 0. The molecule has 0 aromatic carbocycles. The maximum atomic E-state index is 6.11. The maximum Gasteiger partial charge on any atom is 0.184 e. The number of ether oxygens (including phenoxy) is 2. The summed E-state index contributed by atoms with van der Waals surface area (Å²) in [6.07, 6.45) is 32.0. The Bertz CT molecular complexity index is 376. The lowest BCUT2D eigenvalue weighted by Gasteiger charge is -2.14. The average Bonchev–Trinajstić information content (AvgIpc) is 3.55. The first-order chi connectivity index (χ1) is 15.8. The first-order valence-electron chi connectivity index (χ1n) is 14.8. The number of nitrogens with two attached hydrogens (primary N) is 1. The molecule has 1 aliphatic heterocycles. The third kappa shape index (κ3) is 18.3. The molecule has 0 amide bonds. The van der Waals surface area contributed by atoms with Crippen LogP contribution in [-0.2, 0) is 9.47 Å². The van der Waals surface area contributed by atoms with Crippen molar-refractivity contribution in [3.63, 3.8) is 0 Å². The maximum absolute atomic E-state index is 6.11. The van der Waals surface area contributed by atoms with Gasteiger partial charge in [0.2, 0.25) is 0 Å². The van der Waals surface area contributed by atoms with Crippen LogP contribution in [0.3, 0.4) is 0 Å². The first-order valence-corrected chi connectivity index (χ1v) is 14.8. The molecule has 0 saturated carbocycles. The molecular formula is C29H59NO2. The van der Waals surface area contributed by atoms with E-state index in [2.05, 4.69) is 13.8 Å². The predicted molar refractivity (Wildman–Crippen MR) is 140 cm³/mol. The predicted octanol–water partition coefficient (Wildman–Crippen LogP) is 9.07. The van der Waals surface area contributed by atoms with Crippen LogP contribution in [0.5, 0.6) is 0 Å². The summed E-state index contributed by atoms with van der Waals surface area (Å²) in [7, 11) is 0. The zero-order chi connectivity index (χ0) is 23.1. The van der Waals surface area contributed by atoms with Crippen molar-refractivity contribution < 1.29 is 9.47 Å². The van der Waals surface area contributed by atoms with Gasteiger partial charge < -0.3 is 15.2 Å². The Morgan fingerprint density at radius 3 is 1.44 bits per heavy atom. The summed E-state index contributed by atoms with van der Waals surface area (Å²) < 4.78 is 11.9. The van der Waals surface area contributed by atoms with Crippen LogP contribution in [0.1, 0.15) is 162 Å². The average molecular weight is 454 g/mol. The van der Waals surface area contributed by atoms with Crippen LogP contribution >= 0.6 is 0 Å². The first kappa shape index (κ1) is 29.9. The third-order valence-electron chi connectivity index (χ3n) is 7.10. The standard InChI is InChI=1S/C29H59NO2/c1-3-5-7-9-11-13-14-15-17-19-21-23-25-28-29(32-28)31-27(26-30)24-22-20-18-16-12-10-8-6-4-2/h27-29H,3-26,30H2,1-2H3. The summed E-state index contributed by atoms with van der Waals surface area (Å²) in [6, 6.07) is 0. The normalized spacial score (nSPS) is 18.8. The molecule has 1 saturated heterocycles. The van der Waals surface area contributed by atoms with Crippen molar-refractivity contribution in [2.75, 3.05) is 6.54 Å². The largest absolute Gasteiger partial charge is 0.345 e. The van der Waals surface area contributed by atoms with E-state index < -0.39 is 0 Å². The van der Waals surface area contributed by atoms with Crippen molar-refractivity contribution >= 4 is 0 Å². The number of unbranched alkanes of at least 4 members (excludes halogenated alkanes) is 19. The van der Waals surface area contributed by atoms with Gasteiger partial charge in [-0.25, -0.2) is 0 Å². The van der Waals surface area contributed by atoms with Crippen molar-refractivity contribution in [3.05, 3.63) is 0 Å². The fourth-order valence-electron chi connectivity index (χ4n) is 4.75. The number of hydrogen-bond donors (Lipinski definition) is 1. The van der Waals surface area contributed by atoms with Gasteiger partial charge in [-0.15, -0.1) is 0 Å². The van der Waals surface area contributed by atoms with Crippen molar-refractivity contribution in [1.29, 1.82) is 0 Å². The van der Waals surface area contributed by atoms with Crippen LogP contribution in [0.4, 0.5) is 0 Å². The van der Waals surface area contributed by atoms with Gasteiger partial charge in [0.1, 0.15) is 6.10 Å². The third-order valence-corrected chi connectivity index (χ3v) is 7.10. The molecule has 192 valence electrons. The fraction of sp³-hybridized carbons (Fsp3) is 1.00. The van der Waals surface area contributed by atoms with E-state index in [0.717, 1.165) is 12.8 Å². The van der Waals surface area contributed by atoms with Crippen LogP contribution in [-0.4, -0.2) is 25.0 Å². The molecule has 0 bridgehead atoms. The van der Waals surface area contributed by atoms with Crippen molar-refractivity contribution in [1.82, 2.24) is 0 Å². The lowest BCUT2D eigenvalue weighted by molar-refractivity contribution is -0.0115. The molecule has 0 aromatic heterocycles. The second-order valence-electron chi connectivity index (χ2n) is 10.3. The SMILES string of the molecule is CCCCCCCCCCCCCCC1OC1OC(CN)CCCCCCCCCCC. The molecule has 32 heavy (non-hydrogen) atoms. The van der Waals surface area contributed by atoms with Crippen LogP contribution in [0, 0.1) is 0 Å². The van der Waals surface area contributed by atoms with Gasteiger partial charge >= 0.3 is 0 Å². The van der Waals surface area contributed by atoms with E-state index in [1.54, 1.807) is 0 Å². The lowest BCUT2D eigenvalue weighted by atomic mass is 10.0. The summed E-state index contributed by atoms with van der Waals surface area (Å²) in [6.45, 7) is 5.20. The smallest absolute Gasteiger partial charge is 0.184 e. The van der Waals surface area contributed by atoms with E-state index in [9.17, 15) is 0 Å². The molecule has 3 atom stereocenters. The van der Waals surface area contributed by atoms with Gasteiger partial charge in [0.15, 0.2) is 6.29 Å². The van der Waals surface area contributed by atoms with Crippen molar-refractivity contribution in [3.8, 4) is 0 Å². The highest BCUT2D eigenvalue weighted by Crippen LogP contribution is 2.30. The van der Waals surface area contributed by atoms with Gasteiger partial charge in [-0.3, -0.25) is 0 Å². The lowest BCUT2D eigenvalue weighted by Crippen LogP contribution is -2.25. The van der Waals surface area contributed by atoms with E-state index in [-0.39, 0.29) is 12.4 Å². The molecule has 1 aliphatic rings. The van der Waals surface area contributed by atoms with Crippen molar-refractivity contribution in [2.45, 2.75) is 180 Å². The number of hydrogen-bond acceptors (Lipinski definition) is 3. The minimum atomic E-state index is 0.0369. The van der Waals surface area contributed by atoms with E-state index in [4.69, 9.17) is 15.2 Å². The zero-order valence-corrected chi connectivity index (χ0v) is 22.1. The molecule has 2 N–H and O–H groups in total. The molecule has 0 radical (unpaired) electrons. The van der Waals surface area contributed by atoms with E-state index in [1.807, 2.05) is 0 Å². The molecule has 1 rings (SSSR count). The van der Waals surface area contributed by atoms with Gasteiger partial charge in [-0.2, -0.15) is 0 Å². The Labute approximate surface area is 202 Å². The highest BCUT2D eigenvalue weighted by molar-refractivity contribution is 4.78. The Hall–Kier alpha value is -0.120. The van der Waals surface area contributed by atoms with Gasteiger partial charge in [-0.1, -0.05) is 149 Å². The van der Waals surface area contributed by atoms with Crippen LogP contribution in [0.15, 0.2) is 0 Å². The Kier molecular flexibility index (Phi) is 21.2. The monoisotopic (exact) mass is 453 g/mol. The number of epoxide rings is 1. The van der Waals surface area contributed by atoms with Gasteiger partial charge in [0.25, 0.3) is 0 Å². The Morgan fingerprint density at radius 1 is 0.594 bits per heavy atom. The minimum absolute atomic E-state index is 0.0369. The van der Waals surface area contributed by atoms with Crippen LogP contribution in [0.25, 0.3) is 0 Å². The highest BCUT2D eigenvalue weighted by Gasteiger charge is 2.40. The van der Waals surface area contributed by atoms with Crippen LogP contribution < -0.4 is 5.73 Å². The molecule has 3 nitrogen and oxygen atoms in total. The molecular weight excluding hydrogens is 394 g/mol. The highest BCUT2D eigenvalue weighted by atomic mass is 16.8. The van der Waals surface area contributed by atoms with E-state index in [0.29, 0.717) is 12.6 Å². The molecule has 3 unspecified atom stereocenters. The topological polar surface area (TPSA) is 47.8 Å². The molecule has 1 fully saturated rings. The molecule has 1 heterocycles. The second kappa shape index (κ2) is 22.7. The van der Waals surface area contributed by atoms with Gasteiger partial charge in [-0.05, 0) is 12.8 Å². The van der Waals surface area contributed by atoms with E-state index >= 15 is 0 Å². The molecule has 3 heteroatoms. The van der Waals surface area contributed by atoms with Crippen LogP contribution in [0.2, 0.25) is 0 Å². The zero-order valence-electron chi connectivity index (χ0n) is 22.1. The quantitative estimate of drug-likeness (QED) is 0.105. The summed E-state index contributed by atoms with van der Waals surface area (Å²) in [5, 5.41) is 0. The van der Waals surface area contributed by atoms with Gasteiger partial charge in [0.05, 0.1) is 6.10 Å². The van der Waals surface area contributed by atoms with Gasteiger partial charge in [0, 0.05) is 6.54 Å². The molecule has 0 aliphatic carbocycles. The summed E-state index contributed by atoms with van der Waals surface area (Å²) in [5.74, 6) is 0. The van der Waals surface area contributed by atoms with E-state index in [1.165, 1.54) is 135 Å². The summed E-state index contributed by atoms with van der Waals surface area (Å²) >= 11 is 0. The Balaban J connectivity index is 1.84. The molecule has 0 aromatic rings. The van der Waals surface area contributed by atoms with Crippen molar-refractivity contribution in [2.24, 2.45) is 5.73 Å². The molecule has 0 spiro atoms. The number of rotatable bonds is 26. The fourth-order valence-corrected chi connectivity index (χ4v) is 4.75. The minimum Gasteiger partial charge on any atom is -0.345 e. The second-order valence-corrected chi connectivity index (χ2v) is 10.3.